The minimum absolute atomic E-state index is 0.0252. The molecule has 0 saturated heterocycles. The van der Waals surface area contributed by atoms with Crippen LogP contribution in [0.25, 0.3) is 47.8 Å². The summed E-state index contributed by atoms with van der Waals surface area (Å²) in [4.78, 5) is 12.3. The number of aromatic nitrogens is 4. The monoisotopic (exact) mass is 1170 g/mol. The Morgan fingerprint density at radius 3 is 1.47 bits per heavy atom. The number of hydrogen-bond donors (Lipinski definition) is 2. The topological polar surface area (TPSA) is 141 Å². The van der Waals surface area contributed by atoms with E-state index in [1.54, 1.807) is 42.5 Å². The number of benzene rings is 4. The van der Waals surface area contributed by atoms with Crippen LogP contribution < -0.4 is 0 Å². The van der Waals surface area contributed by atoms with Gasteiger partial charge in [-0.05, 0) is 135 Å². The first-order valence-corrected chi connectivity index (χ1v) is 27.9. The van der Waals surface area contributed by atoms with Crippen LogP contribution in [-0.4, -0.2) is 42.7 Å². The molecule has 8 aromatic rings. The number of rotatable bonds is 12. The normalized spacial score (nSPS) is 22.1. The zero-order valence-corrected chi connectivity index (χ0v) is 45.0. The predicted octanol–water partition coefficient (Wildman–Crippen LogP) is 16.6. The quantitative estimate of drug-likeness (QED) is 0.114. The molecule has 4 fully saturated rings. The lowest BCUT2D eigenvalue weighted by atomic mass is 9.83. The number of ether oxygens (including phenoxy) is 2. The van der Waals surface area contributed by atoms with E-state index < -0.39 is 17.0 Å². The lowest BCUT2D eigenvalue weighted by molar-refractivity contribution is -0.0641. The van der Waals surface area contributed by atoms with E-state index >= 15 is 0 Å². The smallest absolute Gasteiger partial charge is 0.223 e. The van der Waals surface area contributed by atoms with Gasteiger partial charge < -0.3 is 28.7 Å². The highest BCUT2D eigenvalue weighted by molar-refractivity contribution is 9.10. The fraction of sp³-hybridized carbons (Fsp3) is 0.377. The Hall–Kier alpha value is -4.09. The summed E-state index contributed by atoms with van der Waals surface area (Å²) in [7, 11) is 0. The zero-order valence-electron chi connectivity index (χ0n) is 38.7. The van der Waals surface area contributed by atoms with Crippen LogP contribution in [0.1, 0.15) is 122 Å². The molecule has 20 heteroatoms. The van der Waals surface area contributed by atoms with E-state index in [2.05, 4.69) is 41.1 Å². The van der Waals surface area contributed by atoms with Crippen molar-refractivity contribution in [2.24, 2.45) is 0 Å². The predicted molar refractivity (Wildman–Crippen MR) is 283 cm³/mol. The fourth-order valence-corrected chi connectivity index (χ4v) is 13.6. The van der Waals surface area contributed by atoms with Crippen LogP contribution >= 0.6 is 85.0 Å². The minimum atomic E-state index is -1.11. The summed E-state index contributed by atoms with van der Waals surface area (Å²) in [5, 5.41) is 34.6. The van der Waals surface area contributed by atoms with Gasteiger partial charge in [-0.2, -0.15) is 0 Å². The average molecular weight is 1170 g/mol. The van der Waals surface area contributed by atoms with Crippen LogP contribution in [0, 0.1) is 18.2 Å². The third-order valence-corrected chi connectivity index (χ3v) is 18.5. The maximum Gasteiger partial charge on any atom is 0.223 e. The third kappa shape index (κ3) is 10.5. The standard InChI is InChI=1S/C27H22Cl2FN3O3S.C26H22BrCl2FN2O3S/c1-31-20-12-22-21(11-19(20)30)32-26(37-22)27(34)9-7-15(8-10-27)35-13-16-24(33-36-25(16)14-5-6-14)23-17(28)3-2-4-18(23)29;27-16-10-21-20(11-19(16)30)31-25(36-21)26(33)8-6-14(7-9-26)34-12-15-23(32-35-24(15)13-4-5-13)22-17(28)2-1-3-18(22)29/h2-4,11-12,14-15,34H,5-10,13H2;1-3,10-11,13-14,33H,4-9,12H2. The van der Waals surface area contributed by atoms with E-state index in [1.165, 1.54) is 40.9 Å². The molecule has 0 atom stereocenters. The maximum atomic E-state index is 14.0. The van der Waals surface area contributed by atoms with E-state index in [1.807, 2.05) is 0 Å². The molecule has 4 aromatic carbocycles. The number of aliphatic hydroxyl groups is 2. The summed E-state index contributed by atoms with van der Waals surface area (Å²) in [5.74, 6) is 1.41. The van der Waals surface area contributed by atoms with E-state index in [9.17, 15) is 19.0 Å². The van der Waals surface area contributed by atoms with Crippen molar-refractivity contribution >= 4 is 111 Å². The number of halogens is 7. The summed E-state index contributed by atoms with van der Waals surface area (Å²) < 4.78 is 54.0. The molecule has 2 N–H and O–H groups in total. The highest BCUT2D eigenvalue weighted by atomic mass is 79.9. The second-order valence-electron chi connectivity index (χ2n) is 19.2. The Morgan fingerprint density at radius 2 is 1.05 bits per heavy atom. The van der Waals surface area contributed by atoms with Crippen molar-refractivity contribution in [2.75, 3.05) is 0 Å². The van der Waals surface area contributed by atoms with Crippen LogP contribution in [-0.2, 0) is 33.9 Å². The largest absolute Gasteiger partial charge is 0.383 e. The first-order valence-electron chi connectivity index (χ1n) is 24.0. The van der Waals surface area contributed by atoms with Crippen molar-refractivity contribution < 1.29 is 37.5 Å². The Bertz CT molecular complexity index is 3350. The van der Waals surface area contributed by atoms with Gasteiger partial charge in [0.2, 0.25) is 5.69 Å². The van der Waals surface area contributed by atoms with Crippen LogP contribution in [0.4, 0.5) is 14.5 Å². The Kier molecular flexibility index (Phi) is 14.5. The number of nitrogens with zero attached hydrogens (tertiary/aromatic N) is 5. The first kappa shape index (κ1) is 51.0. The van der Waals surface area contributed by atoms with Crippen molar-refractivity contribution in [1.29, 1.82) is 0 Å². The molecule has 378 valence electrons. The molecule has 0 spiro atoms. The summed E-state index contributed by atoms with van der Waals surface area (Å²) >= 11 is 31.8. The number of fused-ring (bicyclic) bond motifs is 2. The van der Waals surface area contributed by atoms with E-state index in [-0.39, 0.29) is 23.7 Å². The summed E-state index contributed by atoms with van der Waals surface area (Å²) in [5.41, 5.74) is 3.16. The van der Waals surface area contributed by atoms with Gasteiger partial charge in [0.1, 0.15) is 55.8 Å². The van der Waals surface area contributed by atoms with Gasteiger partial charge in [-0.25, -0.2) is 23.6 Å². The van der Waals surface area contributed by atoms with E-state index in [0.717, 1.165) is 53.0 Å². The molecule has 11 nitrogen and oxygen atoms in total. The van der Waals surface area contributed by atoms with Gasteiger partial charge in [0.15, 0.2) is 0 Å². The molecular formula is C53H44BrCl4F2N5O6S2. The zero-order chi connectivity index (χ0) is 50.8. The van der Waals surface area contributed by atoms with Crippen molar-refractivity contribution in [3.8, 4) is 22.5 Å². The maximum absolute atomic E-state index is 14.0. The van der Waals surface area contributed by atoms with Crippen LogP contribution in [0.2, 0.25) is 20.1 Å². The van der Waals surface area contributed by atoms with Crippen molar-refractivity contribution in [3.63, 3.8) is 0 Å². The van der Waals surface area contributed by atoms with E-state index in [0.29, 0.717) is 149 Å². The molecule has 0 radical (unpaired) electrons. The molecule has 0 unspecified atom stereocenters. The van der Waals surface area contributed by atoms with Gasteiger partial charge >= 0.3 is 0 Å². The molecule has 4 heterocycles. The molecule has 12 rings (SSSR count). The lowest BCUT2D eigenvalue weighted by Gasteiger charge is -2.34. The molecular weight excluding hydrogens is 1130 g/mol. The van der Waals surface area contributed by atoms with Crippen LogP contribution in [0.15, 0.2) is 74.2 Å². The fourth-order valence-electron chi connectivity index (χ4n) is 9.74. The van der Waals surface area contributed by atoms with Gasteiger partial charge in [-0.15, -0.1) is 22.7 Å². The van der Waals surface area contributed by atoms with E-state index in [4.69, 9.17) is 71.5 Å². The van der Waals surface area contributed by atoms with Crippen molar-refractivity contribution in [2.45, 2.75) is 126 Å². The molecule has 4 aromatic heterocycles. The molecule has 0 bridgehead atoms. The van der Waals surface area contributed by atoms with Gasteiger partial charge in [-0.1, -0.05) is 68.8 Å². The second-order valence-corrected chi connectivity index (χ2v) is 23.8. The van der Waals surface area contributed by atoms with Gasteiger partial charge in [0.05, 0.1) is 72.3 Å². The SMILES string of the molecule is OC1(c2nc3cc(F)c(Br)cc3s2)CCC(OCc2c(-c3c(Cl)cccc3Cl)noc2C2CC2)CC1.[C-]#[N+]c1cc2sc(C3(O)CCC(OCc4c(-c5c(Cl)cccc5Cl)noc4C4CC4)CC3)nc2cc1F. The van der Waals surface area contributed by atoms with Crippen molar-refractivity contribution in [1.82, 2.24) is 20.3 Å². The molecule has 0 amide bonds. The lowest BCUT2D eigenvalue weighted by Crippen LogP contribution is -2.34. The molecule has 73 heavy (non-hydrogen) atoms. The third-order valence-electron chi connectivity index (χ3n) is 14.2. The summed E-state index contributed by atoms with van der Waals surface area (Å²) in [6, 6.07) is 16.6. The Labute approximate surface area is 454 Å². The first-order chi connectivity index (χ1) is 35.2. The molecule has 4 saturated carbocycles. The Balaban J connectivity index is 0.000000157. The van der Waals surface area contributed by atoms with Crippen LogP contribution in [0.5, 0.6) is 0 Å². The average Bonchev–Trinajstić information content (AvgIpc) is 4.22. The summed E-state index contributed by atoms with van der Waals surface area (Å²) in [6.45, 7) is 7.77. The van der Waals surface area contributed by atoms with Crippen molar-refractivity contribution in [3.05, 3.63) is 141 Å². The molecule has 4 aliphatic carbocycles. The van der Waals surface area contributed by atoms with Gasteiger partial charge in [0, 0.05) is 44.9 Å². The van der Waals surface area contributed by atoms with Gasteiger partial charge in [-0.3, -0.25) is 0 Å². The minimum Gasteiger partial charge on any atom is -0.383 e. The summed E-state index contributed by atoms with van der Waals surface area (Å²) in [6.07, 6.45) is 8.76. The highest BCUT2D eigenvalue weighted by Gasteiger charge is 2.41. The number of hydrogen-bond acceptors (Lipinski definition) is 12. The number of thiazole rings is 2. The molecule has 0 aliphatic heterocycles. The van der Waals surface area contributed by atoms with Crippen LogP contribution in [0.3, 0.4) is 0 Å². The van der Waals surface area contributed by atoms with Gasteiger partial charge in [0.25, 0.3) is 0 Å². The highest BCUT2D eigenvalue weighted by Crippen LogP contribution is 2.50. The molecule has 4 aliphatic rings. The second kappa shape index (κ2) is 20.8. The Morgan fingerprint density at radius 1 is 0.644 bits per heavy atom.